The summed E-state index contributed by atoms with van der Waals surface area (Å²) in [4.78, 5) is 0.127. The highest BCUT2D eigenvalue weighted by Gasteiger charge is 2.29. The van der Waals surface area contributed by atoms with E-state index in [9.17, 15) is 18.3 Å². The first-order valence-electron chi connectivity index (χ1n) is 6.26. The van der Waals surface area contributed by atoms with Crippen LogP contribution in [0.1, 0.15) is 11.6 Å². The molecular weight excluding hydrogens is 299 g/mol. The Morgan fingerprint density at radius 2 is 1.62 bits per heavy atom. The fourth-order valence-corrected chi connectivity index (χ4v) is 2.41. The van der Waals surface area contributed by atoms with Gasteiger partial charge in [-0.05, 0) is 41.6 Å². The number of halogens is 3. The van der Waals surface area contributed by atoms with Crippen LogP contribution in [0.25, 0.3) is 0 Å². The number of hydrogen-bond acceptors (Lipinski definition) is 3. The highest BCUT2D eigenvalue weighted by atomic mass is 32.2. The van der Waals surface area contributed by atoms with Crippen LogP contribution in [0.4, 0.5) is 18.9 Å². The maximum atomic E-state index is 12.3. The molecule has 0 bridgehead atoms. The van der Waals surface area contributed by atoms with Gasteiger partial charge in [0.1, 0.15) is 0 Å². The van der Waals surface area contributed by atoms with Crippen LogP contribution in [0.5, 0.6) is 0 Å². The number of hydrogen-bond donors (Lipinski definition) is 2. The molecule has 21 heavy (non-hydrogen) atoms. The maximum Gasteiger partial charge on any atom is 0.446 e. The minimum atomic E-state index is -4.29. The Hall–Kier alpha value is -1.66. The van der Waals surface area contributed by atoms with Crippen molar-refractivity contribution >= 4 is 17.4 Å². The van der Waals surface area contributed by atoms with Crippen LogP contribution in [0.2, 0.25) is 0 Å². The van der Waals surface area contributed by atoms with Crippen LogP contribution >= 0.6 is 11.8 Å². The number of alkyl halides is 3. The molecule has 2 aromatic carbocycles. The highest BCUT2D eigenvalue weighted by Crippen LogP contribution is 2.37. The third-order valence-corrected chi connectivity index (χ3v) is 3.55. The summed E-state index contributed by atoms with van der Waals surface area (Å²) >= 11 is -0.150. The SMILES string of the molecule is OCC(Nc1ccccc1)c1ccc(SC(F)(F)F)cc1. The Bertz CT molecular complexity index is 557. The van der Waals surface area contributed by atoms with E-state index in [1.165, 1.54) is 12.1 Å². The fraction of sp³-hybridized carbons (Fsp3) is 0.200. The minimum Gasteiger partial charge on any atom is -0.394 e. The Morgan fingerprint density at radius 3 is 2.14 bits per heavy atom. The van der Waals surface area contributed by atoms with Crippen LogP contribution in [0.3, 0.4) is 0 Å². The molecule has 112 valence electrons. The molecule has 0 amide bonds. The lowest BCUT2D eigenvalue weighted by atomic mass is 10.1. The maximum absolute atomic E-state index is 12.3. The lowest BCUT2D eigenvalue weighted by Gasteiger charge is -2.18. The second kappa shape index (κ2) is 6.87. The van der Waals surface area contributed by atoms with Gasteiger partial charge >= 0.3 is 5.51 Å². The van der Waals surface area contributed by atoms with E-state index in [4.69, 9.17) is 0 Å². The smallest absolute Gasteiger partial charge is 0.394 e. The van der Waals surface area contributed by atoms with Crippen LogP contribution in [-0.4, -0.2) is 17.2 Å². The zero-order valence-electron chi connectivity index (χ0n) is 11.0. The van der Waals surface area contributed by atoms with Crippen molar-refractivity contribution < 1.29 is 18.3 Å². The second-order valence-corrected chi connectivity index (χ2v) is 5.50. The van der Waals surface area contributed by atoms with E-state index in [1.54, 1.807) is 12.1 Å². The van der Waals surface area contributed by atoms with Gasteiger partial charge in [0, 0.05) is 10.6 Å². The van der Waals surface area contributed by atoms with Crippen molar-refractivity contribution in [3.8, 4) is 0 Å². The fourth-order valence-electron chi connectivity index (χ4n) is 1.87. The summed E-state index contributed by atoms with van der Waals surface area (Å²) < 4.78 is 36.8. The Kier molecular flexibility index (Phi) is 5.14. The first-order chi connectivity index (χ1) is 9.98. The van der Waals surface area contributed by atoms with Gasteiger partial charge < -0.3 is 10.4 Å². The molecule has 1 atom stereocenters. The van der Waals surface area contributed by atoms with Gasteiger partial charge in [-0.3, -0.25) is 0 Å². The molecule has 0 fully saturated rings. The third-order valence-electron chi connectivity index (χ3n) is 2.81. The molecule has 0 aromatic heterocycles. The van der Waals surface area contributed by atoms with E-state index in [2.05, 4.69) is 5.32 Å². The van der Waals surface area contributed by atoms with Crippen LogP contribution in [0, 0.1) is 0 Å². The van der Waals surface area contributed by atoms with Crippen LogP contribution in [-0.2, 0) is 0 Å². The van der Waals surface area contributed by atoms with Crippen LogP contribution < -0.4 is 5.32 Å². The van der Waals surface area contributed by atoms with Gasteiger partial charge in [-0.1, -0.05) is 30.3 Å². The van der Waals surface area contributed by atoms with Gasteiger partial charge in [0.2, 0.25) is 0 Å². The average Bonchev–Trinajstić information content (AvgIpc) is 2.45. The first kappa shape index (κ1) is 15.7. The van der Waals surface area contributed by atoms with Crippen molar-refractivity contribution in [1.82, 2.24) is 0 Å². The van der Waals surface area contributed by atoms with E-state index in [0.29, 0.717) is 0 Å². The number of rotatable bonds is 5. The number of aliphatic hydroxyl groups excluding tert-OH is 1. The topological polar surface area (TPSA) is 32.3 Å². The molecule has 0 spiro atoms. The van der Waals surface area contributed by atoms with Crippen molar-refractivity contribution in [2.75, 3.05) is 11.9 Å². The van der Waals surface area contributed by atoms with Crippen molar-refractivity contribution in [3.05, 3.63) is 60.2 Å². The quantitative estimate of drug-likeness (QED) is 0.800. The van der Waals surface area contributed by atoms with Crippen LogP contribution in [0.15, 0.2) is 59.5 Å². The molecule has 0 heterocycles. The lowest BCUT2D eigenvalue weighted by Crippen LogP contribution is -2.14. The molecule has 1 unspecified atom stereocenters. The summed E-state index contributed by atoms with van der Waals surface area (Å²) in [5, 5.41) is 12.6. The molecule has 0 aliphatic carbocycles. The van der Waals surface area contributed by atoms with E-state index in [-0.39, 0.29) is 29.3 Å². The largest absolute Gasteiger partial charge is 0.446 e. The van der Waals surface area contributed by atoms with Crippen molar-refractivity contribution in [1.29, 1.82) is 0 Å². The highest BCUT2D eigenvalue weighted by molar-refractivity contribution is 8.00. The summed E-state index contributed by atoms with van der Waals surface area (Å²) in [5.41, 5.74) is -2.72. The summed E-state index contributed by atoms with van der Waals surface area (Å²) in [7, 11) is 0. The summed E-state index contributed by atoms with van der Waals surface area (Å²) in [6, 6.07) is 14.9. The Balaban J connectivity index is 2.08. The number of thioether (sulfide) groups is 1. The van der Waals surface area contributed by atoms with E-state index < -0.39 is 5.51 Å². The summed E-state index contributed by atoms with van der Waals surface area (Å²) in [6.45, 7) is -0.152. The van der Waals surface area contributed by atoms with Gasteiger partial charge in [-0.25, -0.2) is 0 Å². The number of para-hydroxylation sites is 1. The standard InChI is InChI=1S/C15H14F3NOS/c16-15(17,18)21-13-8-6-11(7-9-13)14(10-20)19-12-4-2-1-3-5-12/h1-9,14,19-20H,10H2. The van der Waals surface area contributed by atoms with Crippen molar-refractivity contribution in [3.63, 3.8) is 0 Å². The zero-order chi connectivity index (χ0) is 15.3. The number of aliphatic hydroxyl groups is 1. The van der Waals surface area contributed by atoms with E-state index in [0.717, 1.165) is 11.3 Å². The molecular formula is C15H14F3NOS. The molecule has 2 aromatic rings. The summed E-state index contributed by atoms with van der Waals surface area (Å²) in [6.07, 6.45) is 0. The van der Waals surface area contributed by atoms with Crippen molar-refractivity contribution in [2.45, 2.75) is 16.4 Å². The molecule has 2 rings (SSSR count). The molecule has 0 radical (unpaired) electrons. The van der Waals surface area contributed by atoms with E-state index in [1.807, 2.05) is 30.3 Å². The zero-order valence-corrected chi connectivity index (χ0v) is 11.8. The lowest BCUT2D eigenvalue weighted by molar-refractivity contribution is -0.0328. The van der Waals surface area contributed by atoms with Gasteiger partial charge in [0.15, 0.2) is 0 Å². The van der Waals surface area contributed by atoms with Crippen molar-refractivity contribution in [2.24, 2.45) is 0 Å². The Morgan fingerprint density at radius 1 is 1.00 bits per heavy atom. The summed E-state index contributed by atoms with van der Waals surface area (Å²) in [5.74, 6) is 0. The molecule has 6 heteroatoms. The van der Waals surface area contributed by atoms with Gasteiger partial charge in [-0.2, -0.15) is 13.2 Å². The number of anilines is 1. The molecule has 0 aliphatic rings. The van der Waals surface area contributed by atoms with Gasteiger partial charge in [-0.15, -0.1) is 0 Å². The first-order valence-corrected chi connectivity index (χ1v) is 7.08. The normalized spacial score (nSPS) is 13.0. The molecule has 0 aliphatic heterocycles. The number of nitrogens with one attached hydrogen (secondary N) is 1. The molecule has 2 N–H and O–H groups in total. The monoisotopic (exact) mass is 313 g/mol. The Labute approximate surface area is 125 Å². The number of benzene rings is 2. The predicted octanol–water partition coefficient (Wildman–Crippen LogP) is 4.44. The molecule has 0 saturated carbocycles. The van der Waals surface area contributed by atoms with Gasteiger partial charge in [0.05, 0.1) is 12.6 Å². The second-order valence-electron chi connectivity index (χ2n) is 4.36. The molecule has 2 nitrogen and oxygen atoms in total. The minimum absolute atomic E-state index is 0.127. The molecule has 0 saturated heterocycles. The predicted molar refractivity (Wildman–Crippen MR) is 78.2 cm³/mol. The average molecular weight is 313 g/mol. The third kappa shape index (κ3) is 4.99. The van der Waals surface area contributed by atoms with Gasteiger partial charge in [0.25, 0.3) is 0 Å². The van der Waals surface area contributed by atoms with E-state index >= 15 is 0 Å².